The Morgan fingerprint density at radius 1 is 1.33 bits per heavy atom. The zero-order valence-electron chi connectivity index (χ0n) is 11.3. The Balaban J connectivity index is 2.51. The van der Waals surface area contributed by atoms with Crippen molar-refractivity contribution in [2.24, 2.45) is 0 Å². The van der Waals surface area contributed by atoms with Crippen molar-refractivity contribution < 1.29 is 9.49 Å². The van der Waals surface area contributed by atoms with E-state index < -0.39 is 12.1 Å². The number of anilines is 2. The van der Waals surface area contributed by atoms with Gasteiger partial charge in [-0.2, -0.15) is 4.98 Å². The second kappa shape index (κ2) is 5.79. The Morgan fingerprint density at radius 2 is 2.00 bits per heavy atom. The number of nitrogens with one attached hydrogen (secondary N) is 1. The van der Waals surface area contributed by atoms with Crippen molar-refractivity contribution in [3.8, 4) is 0 Å². The van der Waals surface area contributed by atoms with Crippen LogP contribution in [-0.4, -0.2) is 28.2 Å². The third kappa shape index (κ3) is 3.56. The zero-order valence-corrected chi connectivity index (χ0v) is 12.9. The fourth-order valence-electron chi connectivity index (χ4n) is 1.76. The first-order chi connectivity index (χ1) is 9.79. The third-order valence-electron chi connectivity index (χ3n) is 2.67. The standard InChI is InChI=1S/C12H12ClN4O3P/c1-21(2,20)10-6-4-3-5-8(10)15-11-9(17(18)19)7-14-12(13)16-11/h3-7H,1-2H3,(H,14,15,16). The fourth-order valence-corrected chi connectivity index (χ4v) is 3.04. The number of hydrogen-bond acceptors (Lipinski definition) is 6. The number of halogens is 1. The van der Waals surface area contributed by atoms with Gasteiger partial charge in [0.1, 0.15) is 13.3 Å². The quantitative estimate of drug-likeness (QED) is 0.401. The van der Waals surface area contributed by atoms with Crippen LogP contribution in [0.1, 0.15) is 0 Å². The fraction of sp³-hybridized carbons (Fsp3) is 0.167. The molecule has 1 aromatic carbocycles. The van der Waals surface area contributed by atoms with Gasteiger partial charge < -0.3 is 9.88 Å². The van der Waals surface area contributed by atoms with Crippen LogP contribution >= 0.6 is 18.7 Å². The second-order valence-corrected chi connectivity index (χ2v) is 8.14. The molecular formula is C12H12ClN4O3P. The van der Waals surface area contributed by atoms with Gasteiger partial charge in [-0.05, 0) is 37.1 Å². The van der Waals surface area contributed by atoms with Crippen molar-refractivity contribution in [3.63, 3.8) is 0 Å². The number of nitrogens with zero attached hydrogens (tertiary/aromatic N) is 3. The number of rotatable bonds is 4. The van der Waals surface area contributed by atoms with Crippen LogP contribution in [0.25, 0.3) is 0 Å². The molecule has 2 aromatic rings. The summed E-state index contributed by atoms with van der Waals surface area (Å²) in [5, 5.41) is 14.3. The van der Waals surface area contributed by atoms with E-state index in [1.165, 1.54) is 0 Å². The first-order valence-electron chi connectivity index (χ1n) is 5.87. The van der Waals surface area contributed by atoms with Gasteiger partial charge in [0.15, 0.2) is 0 Å². The average Bonchev–Trinajstić information content (AvgIpc) is 2.37. The molecule has 0 atom stereocenters. The van der Waals surface area contributed by atoms with Crippen LogP contribution < -0.4 is 10.6 Å². The molecule has 1 heterocycles. The summed E-state index contributed by atoms with van der Waals surface area (Å²) in [5.41, 5.74) is 0.181. The molecule has 0 bridgehead atoms. The lowest BCUT2D eigenvalue weighted by Crippen LogP contribution is -2.11. The van der Waals surface area contributed by atoms with Gasteiger partial charge in [-0.25, -0.2) is 4.98 Å². The molecule has 7 nitrogen and oxygen atoms in total. The van der Waals surface area contributed by atoms with Gasteiger partial charge in [0.2, 0.25) is 11.1 Å². The summed E-state index contributed by atoms with van der Waals surface area (Å²) in [5.74, 6) is -0.0408. The third-order valence-corrected chi connectivity index (χ3v) is 4.41. The van der Waals surface area contributed by atoms with Crippen LogP contribution in [0, 0.1) is 10.1 Å². The summed E-state index contributed by atoms with van der Waals surface area (Å²) in [7, 11) is -2.55. The number of aromatic nitrogens is 2. The Kier molecular flexibility index (Phi) is 4.25. The van der Waals surface area contributed by atoms with Gasteiger partial charge in [-0.1, -0.05) is 12.1 Å². The summed E-state index contributed by atoms with van der Waals surface area (Å²) in [6, 6.07) is 6.87. The second-order valence-electron chi connectivity index (χ2n) is 4.62. The molecule has 0 aliphatic carbocycles. The molecular weight excluding hydrogens is 315 g/mol. The van der Waals surface area contributed by atoms with E-state index in [-0.39, 0.29) is 16.8 Å². The van der Waals surface area contributed by atoms with Gasteiger partial charge in [-0.3, -0.25) is 10.1 Å². The molecule has 21 heavy (non-hydrogen) atoms. The summed E-state index contributed by atoms with van der Waals surface area (Å²) in [6.45, 7) is 3.24. The number of benzene rings is 1. The van der Waals surface area contributed by atoms with Gasteiger partial charge in [0.25, 0.3) is 0 Å². The number of hydrogen-bond donors (Lipinski definition) is 1. The van der Waals surface area contributed by atoms with Gasteiger partial charge in [0.05, 0.1) is 10.6 Å². The minimum atomic E-state index is -2.55. The van der Waals surface area contributed by atoms with Crippen LogP contribution in [0.3, 0.4) is 0 Å². The minimum absolute atomic E-state index is 0.0408. The molecule has 0 spiro atoms. The van der Waals surface area contributed by atoms with Crippen molar-refractivity contribution in [2.45, 2.75) is 0 Å². The highest BCUT2D eigenvalue weighted by Crippen LogP contribution is 2.38. The number of nitro groups is 1. The molecule has 0 saturated heterocycles. The molecule has 2 rings (SSSR count). The zero-order chi connectivity index (χ0) is 15.6. The SMILES string of the molecule is CP(C)(=O)c1ccccc1Nc1nc(Cl)ncc1[N+](=O)[O-]. The van der Waals surface area contributed by atoms with Crippen molar-refractivity contribution in [1.29, 1.82) is 0 Å². The van der Waals surface area contributed by atoms with Crippen LogP contribution in [0.15, 0.2) is 30.5 Å². The van der Waals surface area contributed by atoms with E-state index in [2.05, 4.69) is 15.3 Å². The number of para-hydroxylation sites is 1. The van der Waals surface area contributed by atoms with Gasteiger partial charge >= 0.3 is 5.69 Å². The maximum absolute atomic E-state index is 12.3. The highest BCUT2D eigenvalue weighted by Gasteiger charge is 2.21. The Morgan fingerprint density at radius 3 is 2.62 bits per heavy atom. The minimum Gasteiger partial charge on any atom is -0.334 e. The highest BCUT2D eigenvalue weighted by molar-refractivity contribution is 7.70. The Hall–Kier alpha value is -1.98. The summed E-state index contributed by atoms with van der Waals surface area (Å²) >= 11 is 5.68. The van der Waals surface area contributed by atoms with Gasteiger partial charge in [-0.15, -0.1) is 0 Å². The Labute approximate surface area is 125 Å². The molecule has 0 aliphatic heterocycles. The maximum Gasteiger partial charge on any atom is 0.329 e. The topological polar surface area (TPSA) is 98.0 Å². The van der Waals surface area contributed by atoms with Crippen molar-refractivity contribution in [1.82, 2.24) is 9.97 Å². The summed E-state index contributed by atoms with van der Waals surface area (Å²) in [6.07, 6.45) is 1.03. The van der Waals surface area contributed by atoms with Crippen LogP contribution in [0.2, 0.25) is 5.28 Å². The highest BCUT2D eigenvalue weighted by atomic mass is 35.5. The van der Waals surface area contributed by atoms with Crippen LogP contribution in [0.4, 0.5) is 17.2 Å². The first kappa shape index (κ1) is 15.4. The lowest BCUT2D eigenvalue weighted by Gasteiger charge is -2.14. The smallest absolute Gasteiger partial charge is 0.329 e. The van der Waals surface area contributed by atoms with Crippen molar-refractivity contribution in [2.75, 3.05) is 18.6 Å². The van der Waals surface area contributed by atoms with E-state index >= 15 is 0 Å². The molecule has 0 fully saturated rings. The monoisotopic (exact) mass is 326 g/mol. The average molecular weight is 327 g/mol. The molecule has 1 aromatic heterocycles. The van der Waals surface area contributed by atoms with E-state index in [0.29, 0.717) is 11.0 Å². The van der Waals surface area contributed by atoms with Gasteiger partial charge in [0, 0.05) is 5.30 Å². The molecule has 0 unspecified atom stereocenters. The molecule has 0 amide bonds. The van der Waals surface area contributed by atoms with Crippen molar-refractivity contribution >= 4 is 41.2 Å². The van der Waals surface area contributed by atoms with E-state index in [4.69, 9.17) is 11.6 Å². The maximum atomic E-state index is 12.3. The summed E-state index contributed by atoms with van der Waals surface area (Å²) in [4.78, 5) is 17.8. The molecule has 1 N–H and O–H groups in total. The Bertz CT molecular complexity index is 747. The molecule has 0 saturated carbocycles. The van der Waals surface area contributed by atoms with Crippen molar-refractivity contribution in [3.05, 3.63) is 45.9 Å². The van der Waals surface area contributed by atoms with E-state index in [1.807, 2.05) is 0 Å². The lowest BCUT2D eigenvalue weighted by atomic mass is 10.3. The van der Waals surface area contributed by atoms with E-state index in [9.17, 15) is 14.7 Å². The van der Waals surface area contributed by atoms with Crippen LogP contribution in [-0.2, 0) is 4.57 Å². The predicted octanol–water partition coefficient (Wildman–Crippen LogP) is 3.03. The van der Waals surface area contributed by atoms with Crippen LogP contribution in [0.5, 0.6) is 0 Å². The molecule has 0 radical (unpaired) electrons. The molecule has 0 aliphatic rings. The normalized spacial score (nSPS) is 11.2. The predicted molar refractivity (Wildman–Crippen MR) is 82.5 cm³/mol. The van der Waals surface area contributed by atoms with E-state index in [1.54, 1.807) is 37.6 Å². The summed E-state index contributed by atoms with van der Waals surface area (Å²) < 4.78 is 12.3. The van der Waals surface area contributed by atoms with E-state index in [0.717, 1.165) is 6.20 Å². The molecule has 9 heteroatoms. The first-order valence-corrected chi connectivity index (χ1v) is 8.85. The largest absolute Gasteiger partial charge is 0.334 e. The molecule has 110 valence electrons. The lowest BCUT2D eigenvalue weighted by molar-refractivity contribution is -0.384.